The van der Waals surface area contributed by atoms with Gasteiger partial charge >= 0.3 is 0 Å². The fraction of sp³-hybridized carbons (Fsp3) is 0.476. The first kappa shape index (κ1) is 19.3. The number of fused-ring (bicyclic) bond motifs is 1. The van der Waals surface area contributed by atoms with Crippen molar-refractivity contribution < 1.29 is 4.79 Å². The number of amides is 1. The highest BCUT2D eigenvalue weighted by Crippen LogP contribution is 2.28. The molecule has 1 saturated heterocycles. The van der Waals surface area contributed by atoms with Crippen LogP contribution in [0.4, 0.5) is 0 Å². The second-order valence-electron chi connectivity index (χ2n) is 7.44. The van der Waals surface area contributed by atoms with Crippen LogP contribution in [-0.2, 0) is 24.2 Å². The van der Waals surface area contributed by atoms with Crippen molar-refractivity contribution in [2.45, 2.75) is 44.7 Å². The summed E-state index contributed by atoms with van der Waals surface area (Å²) >= 11 is 14.0. The average molecular weight is 423 g/mol. The first-order valence-corrected chi connectivity index (χ1v) is 11.2. The highest BCUT2D eigenvalue weighted by molar-refractivity contribution is 7.10. The molecule has 1 aromatic carbocycles. The molecule has 144 valence electrons. The monoisotopic (exact) mass is 422 g/mol. The molecule has 2 aromatic rings. The molecule has 0 radical (unpaired) electrons. The Hall–Kier alpha value is -1.07. The van der Waals surface area contributed by atoms with Gasteiger partial charge in [-0.25, -0.2) is 0 Å². The average Bonchev–Trinajstić information content (AvgIpc) is 3.15. The van der Waals surface area contributed by atoms with Gasteiger partial charge < -0.3 is 4.90 Å². The Morgan fingerprint density at radius 3 is 2.74 bits per heavy atom. The molecule has 0 N–H and O–H groups in total. The number of carbonyl (C=O) groups excluding carboxylic acids is 1. The number of aryl methyl sites for hydroxylation is 1. The summed E-state index contributed by atoms with van der Waals surface area (Å²) in [5, 5.41) is 3.49. The lowest BCUT2D eigenvalue weighted by molar-refractivity contribution is -0.132. The van der Waals surface area contributed by atoms with Crippen LogP contribution in [0.3, 0.4) is 0 Å². The van der Waals surface area contributed by atoms with Crippen molar-refractivity contribution in [3.63, 3.8) is 0 Å². The normalized spacial score (nSPS) is 18.5. The lowest BCUT2D eigenvalue weighted by Crippen LogP contribution is -2.47. The molecule has 3 nitrogen and oxygen atoms in total. The van der Waals surface area contributed by atoms with Crippen molar-refractivity contribution in [1.82, 2.24) is 9.80 Å². The van der Waals surface area contributed by atoms with Gasteiger partial charge in [-0.05, 0) is 60.4 Å². The van der Waals surface area contributed by atoms with E-state index in [9.17, 15) is 4.79 Å². The third-order valence-electron chi connectivity index (χ3n) is 5.79. The highest BCUT2D eigenvalue weighted by atomic mass is 35.5. The molecule has 4 rings (SSSR count). The SMILES string of the molecule is O=C(CCc1ccc(Cl)cc1Cl)N1CCC(N2CCc3sccc3C2)CC1. The van der Waals surface area contributed by atoms with Gasteiger partial charge in [-0.2, -0.15) is 0 Å². The predicted molar refractivity (Wildman–Crippen MR) is 113 cm³/mol. The zero-order chi connectivity index (χ0) is 18.8. The molecule has 2 aliphatic heterocycles. The number of carbonyl (C=O) groups is 1. The summed E-state index contributed by atoms with van der Waals surface area (Å²) in [5.74, 6) is 0.234. The molecule has 0 atom stereocenters. The molecular weight excluding hydrogens is 399 g/mol. The molecule has 0 spiro atoms. The topological polar surface area (TPSA) is 23.6 Å². The van der Waals surface area contributed by atoms with Crippen LogP contribution in [0, 0.1) is 0 Å². The number of halogens is 2. The Morgan fingerprint density at radius 2 is 1.96 bits per heavy atom. The zero-order valence-corrected chi connectivity index (χ0v) is 17.6. The quantitative estimate of drug-likeness (QED) is 0.688. The summed E-state index contributed by atoms with van der Waals surface area (Å²) in [7, 11) is 0. The standard InChI is InChI=1S/C21H24Cl2N2OS/c22-17-3-1-15(19(23)13-17)2-4-21(26)24-9-5-18(6-10-24)25-11-7-20-16(14-25)8-12-27-20/h1,3,8,12-13,18H,2,4-7,9-11,14H2. The van der Waals surface area contributed by atoms with E-state index in [2.05, 4.69) is 16.3 Å². The molecule has 0 aliphatic carbocycles. The van der Waals surface area contributed by atoms with E-state index in [-0.39, 0.29) is 5.91 Å². The summed E-state index contributed by atoms with van der Waals surface area (Å²) < 4.78 is 0. The summed E-state index contributed by atoms with van der Waals surface area (Å²) in [4.78, 5) is 18.8. The number of rotatable bonds is 4. The Morgan fingerprint density at radius 1 is 1.15 bits per heavy atom. The first-order valence-electron chi connectivity index (χ1n) is 9.61. The van der Waals surface area contributed by atoms with Gasteiger partial charge in [-0.15, -0.1) is 11.3 Å². The molecule has 3 heterocycles. The smallest absolute Gasteiger partial charge is 0.222 e. The summed E-state index contributed by atoms with van der Waals surface area (Å²) in [5.41, 5.74) is 2.49. The number of nitrogens with zero attached hydrogens (tertiary/aromatic N) is 2. The van der Waals surface area contributed by atoms with E-state index in [0.717, 1.165) is 44.6 Å². The van der Waals surface area contributed by atoms with E-state index in [4.69, 9.17) is 23.2 Å². The zero-order valence-electron chi connectivity index (χ0n) is 15.3. The van der Waals surface area contributed by atoms with Gasteiger partial charge in [0, 0.05) is 53.6 Å². The Labute approximate surface area is 174 Å². The van der Waals surface area contributed by atoms with Crippen LogP contribution in [0.5, 0.6) is 0 Å². The van der Waals surface area contributed by atoms with Crippen LogP contribution in [0.2, 0.25) is 10.0 Å². The van der Waals surface area contributed by atoms with Crippen molar-refractivity contribution >= 4 is 40.4 Å². The van der Waals surface area contributed by atoms with Crippen molar-refractivity contribution in [2.75, 3.05) is 19.6 Å². The van der Waals surface area contributed by atoms with Gasteiger partial charge in [0.05, 0.1) is 0 Å². The van der Waals surface area contributed by atoms with Gasteiger partial charge in [-0.3, -0.25) is 9.69 Å². The molecular formula is C21H24Cl2N2OS. The lowest BCUT2D eigenvalue weighted by Gasteiger charge is -2.40. The van der Waals surface area contributed by atoms with Gasteiger partial charge in [-0.1, -0.05) is 29.3 Å². The summed E-state index contributed by atoms with van der Waals surface area (Å²) in [6, 6.07) is 8.36. The number of benzene rings is 1. The summed E-state index contributed by atoms with van der Waals surface area (Å²) in [6.45, 7) is 3.96. The maximum atomic E-state index is 12.6. The van der Waals surface area contributed by atoms with Gasteiger partial charge in [0.2, 0.25) is 5.91 Å². The first-order chi connectivity index (χ1) is 13.1. The number of hydrogen-bond donors (Lipinski definition) is 0. The highest BCUT2D eigenvalue weighted by Gasteiger charge is 2.29. The van der Waals surface area contributed by atoms with E-state index in [1.165, 1.54) is 12.0 Å². The number of likely N-dealkylation sites (tertiary alicyclic amines) is 1. The van der Waals surface area contributed by atoms with Crippen molar-refractivity contribution in [1.29, 1.82) is 0 Å². The minimum absolute atomic E-state index is 0.234. The van der Waals surface area contributed by atoms with Gasteiger partial charge in [0.25, 0.3) is 0 Å². The molecule has 0 unspecified atom stereocenters. The van der Waals surface area contributed by atoms with Crippen molar-refractivity contribution in [3.8, 4) is 0 Å². The van der Waals surface area contributed by atoms with Crippen LogP contribution in [0.15, 0.2) is 29.6 Å². The molecule has 2 aliphatic rings. The van der Waals surface area contributed by atoms with Crippen LogP contribution in [0.1, 0.15) is 35.3 Å². The van der Waals surface area contributed by atoms with E-state index < -0.39 is 0 Å². The Bertz CT molecular complexity index is 814. The molecule has 0 bridgehead atoms. The maximum Gasteiger partial charge on any atom is 0.222 e. The molecule has 1 amide bonds. The largest absolute Gasteiger partial charge is 0.343 e. The third-order valence-corrected chi connectivity index (χ3v) is 7.40. The second kappa shape index (κ2) is 8.52. The minimum Gasteiger partial charge on any atom is -0.343 e. The number of piperidine rings is 1. The molecule has 1 aromatic heterocycles. The maximum absolute atomic E-state index is 12.6. The van der Waals surface area contributed by atoms with E-state index in [1.54, 1.807) is 10.9 Å². The van der Waals surface area contributed by atoms with Crippen LogP contribution >= 0.6 is 34.5 Å². The minimum atomic E-state index is 0.234. The Balaban J connectivity index is 1.26. The van der Waals surface area contributed by atoms with Crippen LogP contribution in [0.25, 0.3) is 0 Å². The third kappa shape index (κ3) is 4.51. The summed E-state index contributed by atoms with van der Waals surface area (Å²) in [6.07, 6.45) is 4.50. The van der Waals surface area contributed by atoms with Gasteiger partial charge in [0.15, 0.2) is 0 Å². The van der Waals surface area contributed by atoms with E-state index in [1.807, 2.05) is 28.4 Å². The van der Waals surface area contributed by atoms with Crippen molar-refractivity contribution in [3.05, 3.63) is 55.7 Å². The van der Waals surface area contributed by atoms with Gasteiger partial charge in [0.1, 0.15) is 0 Å². The number of thiophene rings is 1. The Kier molecular flexibility index (Phi) is 6.08. The molecule has 6 heteroatoms. The lowest BCUT2D eigenvalue weighted by atomic mass is 9.99. The predicted octanol–water partition coefficient (Wildman–Crippen LogP) is 5.04. The molecule has 27 heavy (non-hydrogen) atoms. The van der Waals surface area contributed by atoms with Crippen molar-refractivity contribution in [2.24, 2.45) is 0 Å². The fourth-order valence-electron chi connectivity index (χ4n) is 4.19. The number of hydrogen-bond acceptors (Lipinski definition) is 3. The van der Waals surface area contributed by atoms with E-state index in [0.29, 0.717) is 28.9 Å². The van der Waals surface area contributed by atoms with Crippen LogP contribution in [-0.4, -0.2) is 41.4 Å². The van der Waals surface area contributed by atoms with E-state index >= 15 is 0 Å². The second-order valence-corrected chi connectivity index (χ2v) is 9.28. The van der Waals surface area contributed by atoms with Crippen LogP contribution < -0.4 is 0 Å². The fourth-order valence-corrected chi connectivity index (χ4v) is 5.58. The molecule has 1 fully saturated rings. The molecule has 0 saturated carbocycles.